The van der Waals surface area contributed by atoms with Gasteiger partial charge in [0.05, 0.1) is 5.92 Å². The Morgan fingerprint density at radius 2 is 1.65 bits per heavy atom. The molecule has 102 valence electrons. The standard InChI is InChI=1S/C18H18O2/c1-2-3-9-17(18(19)20)16-12-10-15(11-13-16)14-7-5-4-6-8-14/h2-8,10-13,17H,9H2,1H3,(H,19,20)/b3-2+. The molecular weight excluding hydrogens is 248 g/mol. The first-order valence-corrected chi connectivity index (χ1v) is 6.71. The summed E-state index contributed by atoms with van der Waals surface area (Å²) in [5, 5.41) is 9.31. The predicted molar refractivity (Wildman–Crippen MR) is 81.7 cm³/mol. The van der Waals surface area contributed by atoms with Gasteiger partial charge < -0.3 is 5.11 Å². The van der Waals surface area contributed by atoms with Gasteiger partial charge in [0, 0.05) is 0 Å². The maximum absolute atomic E-state index is 11.3. The van der Waals surface area contributed by atoms with Crippen LogP contribution in [0, 0.1) is 0 Å². The normalized spacial score (nSPS) is 12.4. The fraction of sp³-hybridized carbons (Fsp3) is 0.167. The summed E-state index contributed by atoms with van der Waals surface area (Å²) < 4.78 is 0. The van der Waals surface area contributed by atoms with Crippen molar-refractivity contribution in [2.75, 3.05) is 0 Å². The van der Waals surface area contributed by atoms with Gasteiger partial charge in [-0.25, -0.2) is 0 Å². The summed E-state index contributed by atoms with van der Waals surface area (Å²) in [5.41, 5.74) is 3.08. The van der Waals surface area contributed by atoms with Gasteiger partial charge in [-0.15, -0.1) is 0 Å². The zero-order valence-corrected chi connectivity index (χ0v) is 11.5. The number of carboxylic acid groups (broad SMARTS) is 1. The molecule has 1 unspecified atom stereocenters. The van der Waals surface area contributed by atoms with E-state index < -0.39 is 11.9 Å². The molecule has 0 radical (unpaired) electrons. The molecule has 2 aromatic rings. The molecule has 0 fully saturated rings. The predicted octanol–water partition coefficient (Wildman–Crippen LogP) is 4.49. The van der Waals surface area contributed by atoms with E-state index in [1.54, 1.807) is 0 Å². The molecule has 0 spiro atoms. The van der Waals surface area contributed by atoms with Crippen molar-refractivity contribution < 1.29 is 9.90 Å². The average Bonchev–Trinajstić information content (AvgIpc) is 2.49. The van der Waals surface area contributed by atoms with Gasteiger partial charge in [0.25, 0.3) is 0 Å². The lowest BCUT2D eigenvalue weighted by Gasteiger charge is -2.11. The van der Waals surface area contributed by atoms with Gasteiger partial charge in [0.1, 0.15) is 0 Å². The van der Waals surface area contributed by atoms with Crippen LogP contribution in [0.25, 0.3) is 11.1 Å². The number of aliphatic carboxylic acids is 1. The van der Waals surface area contributed by atoms with Crippen LogP contribution in [0.5, 0.6) is 0 Å². The number of benzene rings is 2. The molecule has 0 aliphatic carbocycles. The second kappa shape index (κ2) is 6.71. The quantitative estimate of drug-likeness (QED) is 0.810. The smallest absolute Gasteiger partial charge is 0.311 e. The second-order valence-electron chi connectivity index (χ2n) is 4.68. The third kappa shape index (κ3) is 3.35. The van der Waals surface area contributed by atoms with Crippen LogP contribution in [0.15, 0.2) is 66.7 Å². The Bertz CT molecular complexity index is 583. The molecule has 0 amide bonds. The zero-order chi connectivity index (χ0) is 14.4. The fourth-order valence-electron chi connectivity index (χ4n) is 2.19. The van der Waals surface area contributed by atoms with E-state index in [0.717, 1.165) is 16.7 Å². The molecule has 0 aromatic heterocycles. The Kier molecular flexibility index (Phi) is 4.72. The van der Waals surface area contributed by atoms with Crippen molar-refractivity contribution in [3.05, 3.63) is 72.3 Å². The maximum Gasteiger partial charge on any atom is 0.311 e. The minimum Gasteiger partial charge on any atom is -0.481 e. The molecule has 1 N–H and O–H groups in total. The third-order valence-electron chi connectivity index (χ3n) is 3.33. The summed E-state index contributed by atoms with van der Waals surface area (Å²) in [6, 6.07) is 17.8. The molecule has 20 heavy (non-hydrogen) atoms. The van der Waals surface area contributed by atoms with E-state index in [1.165, 1.54) is 0 Å². The summed E-state index contributed by atoms with van der Waals surface area (Å²) in [7, 11) is 0. The lowest BCUT2D eigenvalue weighted by atomic mass is 9.93. The molecule has 0 aliphatic heterocycles. The van der Waals surface area contributed by atoms with Crippen LogP contribution in [0.4, 0.5) is 0 Å². The van der Waals surface area contributed by atoms with Gasteiger partial charge in [-0.05, 0) is 30.0 Å². The van der Waals surface area contributed by atoms with Crippen LogP contribution < -0.4 is 0 Å². The largest absolute Gasteiger partial charge is 0.481 e. The van der Waals surface area contributed by atoms with Gasteiger partial charge >= 0.3 is 5.97 Å². The summed E-state index contributed by atoms with van der Waals surface area (Å²) in [4.78, 5) is 11.3. The Morgan fingerprint density at radius 1 is 1.05 bits per heavy atom. The highest BCUT2D eigenvalue weighted by Crippen LogP contribution is 2.25. The van der Waals surface area contributed by atoms with E-state index in [9.17, 15) is 9.90 Å². The maximum atomic E-state index is 11.3. The average molecular weight is 266 g/mol. The molecule has 2 rings (SSSR count). The first-order valence-electron chi connectivity index (χ1n) is 6.71. The van der Waals surface area contributed by atoms with Crippen molar-refractivity contribution in [2.24, 2.45) is 0 Å². The highest BCUT2D eigenvalue weighted by atomic mass is 16.4. The fourth-order valence-corrected chi connectivity index (χ4v) is 2.19. The molecule has 0 saturated heterocycles. The van der Waals surface area contributed by atoms with E-state index in [1.807, 2.05) is 73.7 Å². The molecule has 2 aromatic carbocycles. The van der Waals surface area contributed by atoms with Crippen molar-refractivity contribution >= 4 is 5.97 Å². The Hall–Kier alpha value is -2.35. The summed E-state index contributed by atoms with van der Waals surface area (Å²) in [6.45, 7) is 1.90. The SMILES string of the molecule is C/C=C/CC(C(=O)O)c1ccc(-c2ccccc2)cc1. The minimum absolute atomic E-state index is 0.476. The van der Waals surface area contributed by atoms with E-state index in [0.29, 0.717) is 6.42 Å². The third-order valence-corrected chi connectivity index (χ3v) is 3.33. The van der Waals surface area contributed by atoms with E-state index in [4.69, 9.17) is 0 Å². The summed E-state index contributed by atoms with van der Waals surface area (Å²) >= 11 is 0. The van der Waals surface area contributed by atoms with Gasteiger partial charge in [0.2, 0.25) is 0 Å². The molecule has 0 saturated carbocycles. The lowest BCUT2D eigenvalue weighted by molar-refractivity contribution is -0.138. The van der Waals surface area contributed by atoms with Crippen molar-refractivity contribution in [2.45, 2.75) is 19.3 Å². The molecular formula is C18H18O2. The molecule has 2 nitrogen and oxygen atoms in total. The van der Waals surface area contributed by atoms with Gasteiger partial charge in [-0.1, -0.05) is 66.7 Å². The van der Waals surface area contributed by atoms with E-state index in [2.05, 4.69) is 0 Å². The van der Waals surface area contributed by atoms with Crippen molar-refractivity contribution in [3.63, 3.8) is 0 Å². The van der Waals surface area contributed by atoms with Gasteiger partial charge in [-0.3, -0.25) is 4.79 Å². The number of hydrogen-bond acceptors (Lipinski definition) is 1. The Morgan fingerprint density at radius 3 is 2.20 bits per heavy atom. The number of hydrogen-bond donors (Lipinski definition) is 1. The van der Waals surface area contributed by atoms with E-state index in [-0.39, 0.29) is 0 Å². The van der Waals surface area contributed by atoms with Gasteiger partial charge in [0.15, 0.2) is 0 Å². The molecule has 0 bridgehead atoms. The zero-order valence-electron chi connectivity index (χ0n) is 11.5. The number of rotatable bonds is 5. The van der Waals surface area contributed by atoms with E-state index >= 15 is 0 Å². The molecule has 0 aliphatic rings. The van der Waals surface area contributed by atoms with Gasteiger partial charge in [-0.2, -0.15) is 0 Å². The summed E-state index contributed by atoms with van der Waals surface area (Å²) in [6.07, 6.45) is 4.30. The first-order chi connectivity index (χ1) is 9.72. The monoisotopic (exact) mass is 266 g/mol. The van der Waals surface area contributed by atoms with Crippen molar-refractivity contribution in [1.29, 1.82) is 0 Å². The lowest BCUT2D eigenvalue weighted by Crippen LogP contribution is -2.10. The van der Waals surface area contributed by atoms with Crippen LogP contribution in [0.2, 0.25) is 0 Å². The first kappa shape index (κ1) is 14.1. The topological polar surface area (TPSA) is 37.3 Å². The second-order valence-corrected chi connectivity index (χ2v) is 4.68. The molecule has 2 heteroatoms. The Balaban J connectivity index is 2.24. The minimum atomic E-state index is -0.782. The summed E-state index contributed by atoms with van der Waals surface area (Å²) in [5.74, 6) is -1.26. The van der Waals surface area contributed by atoms with Crippen LogP contribution in [-0.4, -0.2) is 11.1 Å². The number of carboxylic acids is 1. The number of allylic oxidation sites excluding steroid dienone is 2. The highest BCUT2D eigenvalue weighted by molar-refractivity contribution is 5.77. The number of carbonyl (C=O) groups is 1. The molecule has 1 atom stereocenters. The van der Waals surface area contributed by atoms with Crippen LogP contribution in [0.3, 0.4) is 0 Å². The van der Waals surface area contributed by atoms with Crippen molar-refractivity contribution in [3.8, 4) is 11.1 Å². The Labute approximate surface area is 119 Å². The highest BCUT2D eigenvalue weighted by Gasteiger charge is 2.17. The van der Waals surface area contributed by atoms with Crippen LogP contribution >= 0.6 is 0 Å². The van der Waals surface area contributed by atoms with Crippen LogP contribution in [-0.2, 0) is 4.79 Å². The van der Waals surface area contributed by atoms with Crippen LogP contribution in [0.1, 0.15) is 24.8 Å². The van der Waals surface area contributed by atoms with Crippen molar-refractivity contribution in [1.82, 2.24) is 0 Å². The molecule has 0 heterocycles.